The van der Waals surface area contributed by atoms with Crippen molar-refractivity contribution in [2.24, 2.45) is 0 Å². The van der Waals surface area contributed by atoms with Gasteiger partial charge in [0.25, 0.3) is 0 Å². The summed E-state index contributed by atoms with van der Waals surface area (Å²) >= 11 is 0. The summed E-state index contributed by atoms with van der Waals surface area (Å²) in [4.78, 5) is 14.5. The van der Waals surface area contributed by atoms with Crippen molar-refractivity contribution in [3.8, 4) is 0 Å². The van der Waals surface area contributed by atoms with Crippen molar-refractivity contribution in [2.75, 3.05) is 26.2 Å². The van der Waals surface area contributed by atoms with E-state index in [4.69, 9.17) is 0 Å². The first kappa shape index (κ1) is 15.9. The Morgan fingerprint density at radius 2 is 1.79 bits per heavy atom. The van der Waals surface area contributed by atoms with E-state index in [2.05, 4.69) is 24.1 Å². The lowest BCUT2D eigenvalue weighted by atomic mass is 10.0. The van der Waals surface area contributed by atoms with Gasteiger partial charge in [-0.2, -0.15) is 0 Å². The standard InChI is InChI=1S/C16H26N2O/c1-5-18(6-2)12-11-17-14(4)16(19)15-9-7-13(3)8-10-15/h7-10,14,17H,5-6,11-12H2,1-4H3. The van der Waals surface area contributed by atoms with E-state index in [0.29, 0.717) is 0 Å². The number of aryl methyl sites for hydroxylation is 1. The predicted octanol–water partition coefficient (Wildman–Crippen LogP) is 2.50. The average molecular weight is 262 g/mol. The Balaban J connectivity index is 2.42. The molecule has 1 rings (SSSR count). The third-order valence-electron chi connectivity index (χ3n) is 3.50. The van der Waals surface area contributed by atoms with E-state index in [9.17, 15) is 4.79 Å². The highest BCUT2D eigenvalue weighted by Crippen LogP contribution is 2.06. The first-order valence-corrected chi connectivity index (χ1v) is 7.15. The zero-order valence-corrected chi connectivity index (χ0v) is 12.6. The molecule has 0 amide bonds. The smallest absolute Gasteiger partial charge is 0.179 e. The number of Topliss-reactive ketones (excluding diaryl/α,β-unsaturated/α-hetero) is 1. The van der Waals surface area contributed by atoms with Gasteiger partial charge >= 0.3 is 0 Å². The van der Waals surface area contributed by atoms with E-state index >= 15 is 0 Å². The monoisotopic (exact) mass is 262 g/mol. The Morgan fingerprint density at radius 1 is 1.21 bits per heavy atom. The van der Waals surface area contributed by atoms with Crippen molar-refractivity contribution >= 4 is 5.78 Å². The molecule has 106 valence electrons. The highest BCUT2D eigenvalue weighted by molar-refractivity contribution is 5.99. The largest absolute Gasteiger partial charge is 0.306 e. The van der Waals surface area contributed by atoms with Crippen molar-refractivity contribution in [3.63, 3.8) is 0 Å². The van der Waals surface area contributed by atoms with Crippen molar-refractivity contribution in [2.45, 2.75) is 33.7 Å². The maximum atomic E-state index is 12.2. The third kappa shape index (κ3) is 5.13. The van der Waals surface area contributed by atoms with Crippen LogP contribution >= 0.6 is 0 Å². The third-order valence-corrected chi connectivity index (χ3v) is 3.50. The van der Waals surface area contributed by atoms with Gasteiger partial charge in [0.2, 0.25) is 0 Å². The molecule has 1 aromatic carbocycles. The number of nitrogens with zero attached hydrogens (tertiary/aromatic N) is 1. The van der Waals surface area contributed by atoms with Crippen molar-refractivity contribution in [1.82, 2.24) is 10.2 Å². The van der Waals surface area contributed by atoms with E-state index in [0.717, 1.165) is 31.7 Å². The van der Waals surface area contributed by atoms with Crippen LogP contribution in [0.4, 0.5) is 0 Å². The van der Waals surface area contributed by atoms with Crippen LogP contribution in [-0.4, -0.2) is 42.9 Å². The van der Waals surface area contributed by atoms with Gasteiger partial charge in [-0.25, -0.2) is 0 Å². The molecule has 0 saturated carbocycles. The second-order valence-electron chi connectivity index (χ2n) is 4.93. The molecule has 0 heterocycles. The molecule has 0 radical (unpaired) electrons. The Bertz CT molecular complexity index is 382. The topological polar surface area (TPSA) is 32.3 Å². The Kier molecular flexibility index (Phi) is 6.74. The molecular formula is C16H26N2O. The minimum atomic E-state index is -0.127. The van der Waals surface area contributed by atoms with Crippen LogP contribution in [0.5, 0.6) is 0 Å². The van der Waals surface area contributed by atoms with Gasteiger partial charge in [0.15, 0.2) is 5.78 Å². The molecule has 3 heteroatoms. The average Bonchev–Trinajstić information content (AvgIpc) is 2.43. The molecule has 1 atom stereocenters. The Labute approximate surface area is 117 Å². The summed E-state index contributed by atoms with van der Waals surface area (Å²) in [7, 11) is 0. The lowest BCUT2D eigenvalue weighted by Crippen LogP contribution is -2.39. The van der Waals surface area contributed by atoms with Crippen molar-refractivity contribution in [3.05, 3.63) is 35.4 Å². The summed E-state index contributed by atoms with van der Waals surface area (Å²) in [5, 5.41) is 3.30. The first-order valence-electron chi connectivity index (χ1n) is 7.15. The molecule has 1 unspecified atom stereocenters. The van der Waals surface area contributed by atoms with Crippen LogP contribution in [0, 0.1) is 6.92 Å². The molecule has 0 saturated heterocycles. The second-order valence-corrected chi connectivity index (χ2v) is 4.93. The number of carbonyl (C=O) groups is 1. The first-order chi connectivity index (χ1) is 9.08. The Morgan fingerprint density at radius 3 is 2.32 bits per heavy atom. The molecule has 0 aromatic heterocycles. The zero-order valence-electron chi connectivity index (χ0n) is 12.6. The number of likely N-dealkylation sites (N-methyl/N-ethyl adjacent to an activating group) is 1. The number of hydrogen-bond donors (Lipinski definition) is 1. The lowest BCUT2D eigenvalue weighted by Gasteiger charge is -2.20. The fourth-order valence-electron chi connectivity index (χ4n) is 2.04. The van der Waals surface area contributed by atoms with Crippen LogP contribution in [0.3, 0.4) is 0 Å². The van der Waals surface area contributed by atoms with Gasteiger partial charge < -0.3 is 10.2 Å². The van der Waals surface area contributed by atoms with E-state index < -0.39 is 0 Å². The second kappa shape index (κ2) is 8.08. The summed E-state index contributed by atoms with van der Waals surface area (Å²) in [6, 6.07) is 7.64. The summed E-state index contributed by atoms with van der Waals surface area (Å²) in [5.74, 6) is 0.166. The van der Waals surface area contributed by atoms with E-state index in [1.807, 2.05) is 38.1 Å². The molecule has 19 heavy (non-hydrogen) atoms. The molecule has 0 aliphatic heterocycles. The minimum absolute atomic E-state index is 0.127. The summed E-state index contributed by atoms with van der Waals surface area (Å²) in [6.45, 7) is 12.2. The normalized spacial score (nSPS) is 12.7. The Hall–Kier alpha value is -1.19. The van der Waals surface area contributed by atoms with Gasteiger partial charge in [-0.1, -0.05) is 43.7 Å². The highest BCUT2D eigenvalue weighted by atomic mass is 16.1. The quantitative estimate of drug-likeness (QED) is 0.731. The SMILES string of the molecule is CCN(CC)CCNC(C)C(=O)c1ccc(C)cc1. The molecule has 0 fully saturated rings. The van der Waals surface area contributed by atoms with Crippen LogP contribution in [0.1, 0.15) is 36.7 Å². The number of benzene rings is 1. The maximum absolute atomic E-state index is 12.2. The van der Waals surface area contributed by atoms with Crippen LogP contribution in [0.2, 0.25) is 0 Å². The minimum Gasteiger partial charge on any atom is -0.306 e. The van der Waals surface area contributed by atoms with E-state index in [1.54, 1.807) is 0 Å². The zero-order chi connectivity index (χ0) is 14.3. The fraction of sp³-hybridized carbons (Fsp3) is 0.562. The molecule has 1 N–H and O–H groups in total. The van der Waals surface area contributed by atoms with Gasteiger partial charge in [-0.15, -0.1) is 0 Å². The summed E-state index contributed by atoms with van der Waals surface area (Å²) in [6.07, 6.45) is 0. The van der Waals surface area contributed by atoms with Crippen LogP contribution in [0.15, 0.2) is 24.3 Å². The molecule has 0 aliphatic rings. The predicted molar refractivity (Wildman–Crippen MR) is 80.8 cm³/mol. The molecule has 3 nitrogen and oxygen atoms in total. The number of nitrogens with one attached hydrogen (secondary N) is 1. The maximum Gasteiger partial charge on any atom is 0.179 e. The van der Waals surface area contributed by atoms with Gasteiger partial charge in [0.05, 0.1) is 6.04 Å². The molecular weight excluding hydrogens is 236 g/mol. The molecule has 0 bridgehead atoms. The number of ketones is 1. The summed E-state index contributed by atoms with van der Waals surface area (Å²) in [5.41, 5.74) is 1.96. The van der Waals surface area contributed by atoms with Crippen LogP contribution in [0.25, 0.3) is 0 Å². The molecule has 0 spiro atoms. The lowest BCUT2D eigenvalue weighted by molar-refractivity contribution is 0.0949. The number of carbonyl (C=O) groups excluding carboxylic acids is 1. The van der Waals surface area contributed by atoms with Gasteiger partial charge in [-0.3, -0.25) is 4.79 Å². The van der Waals surface area contributed by atoms with E-state index in [-0.39, 0.29) is 11.8 Å². The number of hydrogen-bond acceptors (Lipinski definition) is 3. The van der Waals surface area contributed by atoms with Crippen LogP contribution < -0.4 is 5.32 Å². The van der Waals surface area contributed by atoms with Crippen molar-refractivity contribution < 1.29 is 4.79 Å². The highest BCUT2D eigenvalue weighted by Gasteiger charge is 2.14. The van der Waals surface area contributed by atoms with Crippen LogP contribution in [-0.2, 0) is 0 Å². The fourth-order valence-corrected chi connectivity index (χ4v) is 2.04. The number of rotatable bonds is 8. The van der Waals surface area contributed by atoms with Gasteiger partial charge in [0.1, 0.15) is 0 Å². The summed E-state index contributed by atoms with van der Waals surface area (Å²) < 4.78 is 0. The van der Waals surface area contributed by atoms with Gasteiger partial charge in [0, 0.05) is 18.7 Å². The molecule has 0 aliphatic carbocycles. The van der Waals surface area contributed by atoms with Crippen molar-refractivity contribution in [1.29, 1.82) is 0 Å². The van der Waals surface area contributed by atoms with Gasteiger partial charge in [-0.05, 0) is 26.9 Å². The van der Waals surface area contributed by atoms with E-state index in [1.165, 1.54) is 5.56 Å². The molecule has 1 aromatic rings.